The van der Waals surface area contributed by atoms with E-state index in [4.69, 9.17) is 15.0 Å². The maximum atomic E-state index is 10.1. The fraction of sp³-hybridized carbons (Fsp3) is 0.500. The van der Waals surface area contributed by atoms with Crippen molar-refractivity contribution in [1.82, 2.24) is 0 Å². The van der Waals surface area contributed by atoms with Crippen LogP contribution in [0.15, 0.2) is 0 Å². The van der Waals surface area contributed by atoms with Crippen LogP contribution in [0.5, 0.6) is 0 Å². The Morgan fingerprint density at radius 3 is 1.50 bits per heavy atom. The minimum Gasteiger partial charge on any atom is -0.450 e. The summed E-state index contributed by atoms with van der Waals surface area (Å²) in [5.41, 5.74) is 0. The molecule has 8 heavy (non-hydrogen) atoms. The summed E-state index contributed by atoms with van der Waals surface area (Å²) in [7, 11) is 0. The number of carbonyl (C=O) groups is 1. The molecule has 0 aliphatic rings. The molecule has 0 spiro atoms. The van der Waals surface area contributed by atoms with Crippen molar-refractivity contribution in [2.24, 2.45) is 0 Å². The zero-order valence-corrected chi connectivity index (χ0v) is 4.27. The molecule has 0 saturated carbocycles. The van der Waals surface area contributed by atoms with Crippen LogP contribution in [0.2, 0.25) is 0 Å². The summed E-state index contributed by atoms with van der Waals surface area (Å²) in [6, 6.07) is 0. The summed E-state index contributed by atoms with van der Waals surface area (Å²) in [5, 5.41) is 13.9. The average molecular weight is 148 g/mol. The van der Waals surface area contributed by atoms with Crippen LogP contribution in [0.4, 0.5) is 13.6 Å². The Morgan fingerprint density at radius 1 is 1.50 bits per heavy atom. The van der Waals surface area contributed by atoms with Gasteiger partial charge in [0.2, 0.25) is 0 Å². The van der Waals surface area contributed by atoms with Crippen LogP contribution in [-0.2, 0) is 0 Å². The predicted molar refractivity (Wildman–Crippen MR) is 22.5 cm³/mol. The molecule has 0 rings (SSSR count). The van der Waals surface area contributed by atoms with Crippen molar-refractivity contribution >= 4 is 17.8 Å². The Balaban J connectivity index is 0. The monoisotopic (exact) mass is 148 g/mol. The molecule has 0 aliphatic heterocycles. The van der Waals surface area contributed by atoms with E-state index in [1.807, 2.05) is 0 Å². The Morgan fingerprint density at radius 2 is 1.50 bits per heavy atom. The van der Waals surface area contributed by atoms with Crippen LogP contribution >= 0.6 is 11.6 Å². The van der Waals surface area contributed by atoms with Gasteiger partial charge in [0.15, 0.2) is 0 Å². The zero-order chi connectivity index (χ0) is 7.15. The van der Waals surface area contributed by atoms with Crippen molar-refractivity contribution in [3.63, 3.8) is 0 Å². The lowest BCUT2D eigenvalue weighted by Crippen LogP contribution is -1.81. The van der Waals surface area contributed by atoms with Crippen LogP contribution in [0.25, 0.3) is 0 Å². The lowest BCUT2D eigenvalue weighted by atomic mass is 11.5. The number of alkyl halides is 3. The van der Waals surface area contributed by atoms with E-state index in [0.29, 0.717) is 0 Å². The molecular weight excluding hydrogens is 145 g/mol. The van der Waals surface area contributed by atoms with Crippen molar-refractivity contribution in [3.8, 4) is 0 Å². The van der Waals surface area contributed by atoms with Crippen molar-refractivity contribution < 1.29 is 23.8 Å². The highest BCUT2D eigenvalue weighted by Gasteiger charge is 1.83. The number of hydrogen-bond donors (Lipinski definition) is 2. The molecule has 0 bridgehead atoms. The maximum Gasteiger partial charge on any atom is 0.503 e. The van der Waals surface area contributed by atoms with E-state index in [0.717, 1.165) is 0 Å². The van der Waals surface area contributed by atoms with Crippen LogP contribution < -0.4 is 0 Å². The number of rotatable bonds is 0. The van der Waals surface area contributed by atoms with E-state index >= 15 is 0 Å². The van der Waals surface area contributed by atoms with Gasteiger partial charge in [-0.1, -0.05) is 11.6 Å². The molecule has 0 atom stereocenters. The standard InChI is InChI=1S/CHClF2.CH2O3/c2*2-1(3)4/h1H;(H2,2,3,4). The third-order valence-corrected chi connectivity index (χ3v) is 0. The van der Waals surface area contributed by atoms with E-state index in [1.165, 1.54) is 0 Å². The summed E-state index contributed by atoms with van der Waals surface area (Å²) < 4.78 is 20.2. The highest BCUT2D eigenvalue weighted by atomic mass is 35.5. The molecule has 0 aromatic rings. The summed E-state index contributed by atoms with van der Waals surface area (Å²) in [6.45, 7) is 0. The molecule has 6 heteroatoms. The Labute approximate surface area is 48.5 Å². The van der Waals surface area contributed by atoms with Gasteiger partial charge < -0.3 is 10.2 Å². The van der Waals surface area contributed by atoms with Gasteiger partial charge in [0.1, 0.15) is 0 Å². The molecule has 0 saturated heterocycles. The first-order valence-electron chi connectivity index (χ1n) is 1.31. The third-order valence-electron chi connectivity index (χ3n) is 0. The third kappa shape index (κ3) is 315. The fourth-order valence-electron chi connectivity index (χ4n) is 0. The summed E-state index contributed by atoms with van der Waals surface area (Å²) in [4.78, 5) is 8.56. The van der Waals surface area contributed by atoms with Crippen LogP contribution in [-0.4, -0.2) is 22.3 Å². The van der Waals surface area contributed by atoms with Gasteiger partial charge in [-0.15, -0.1) is 0 Å². The topological polar surface area (TPSA) is 57.5 Å². The first-order chi connectivity index (χ1) is 3.46. The molecule has 0 heterocycles. The first-order valence-corrected chi connectivity index (χ1v) is 1.74. The average Bonchev–Trinajstić information content (AvgIpc) is 1.25. The molecule has 50 valence electrons. The Bertz CT molecular complexity index is 59.5. The second kappa shape index (κ2) is 6.42. The van der Waals surface area contributed by atoms with Gasteiger partial charge >= 0.3 is 12.0 Å². The van der Waals surface area contributed by atoms with E-state index in [1.54, 1.807) is 0 Å². The van der Waals surface area contributed by atoms with Gasteiger partial charge in [0.05, 0.1) is 0 Å². The van der Waals surface area contributed by atoms with Crippen molar-refractivity contribution in [2.45, 2.75) is 5.88 Å². The summed E-state index contributed by atoms with van der Waals surface area (Å²) in [5.74, 6) is -2.69. The molecule has 0 radical (unpaired) electrons. The van der Waals surface area contributed by atoms with Crippen LogP contribution in [0.1, 0.15) is 0 Å². The lowest BCUT2D eigenvalue weighted by molar-refractivity contribution is 0.137. The fourth-order valence-corrected chi connectivity index (χ4v) is 0. The van der Waals surface area contributed by atoms with Gasteiger partial charge in [0.25, 0.3) is 0 Å². The smallest absolute Gasteiger partial charge is 0.450 e. The van der Waals surface area contributed by atoms with Gasteiger partial charge in [-0.25, -0.2) is 4.79 Å². The highest BCUT2D eigenvalue weighted by molar-refractivity contribution is 6.18. The maximum absolute atomic E-state index is 10.1. The van der Waals surface area contributed by atoms with Crippen molar-refractivity contribution in [1.29, 1.82) is 0 Å². The molecule has 2 N–H and O–H groups in total. The number of carboxylic acid groups (broad SMARTS) is 2. The quantitative estimate of drug-likeness (QED) is 0.514. The zero-order valence-electron chi connectivity index (χ0n) is 3.51. The number of hydrogen-bond acceptors (Lipinski definition) is 1. The minimum absolute atomic E-state index is 1.83. The normalized spacial score (nSPS) is 7.50. The minimum atomic E-state index is -2.69. The molecule has 0 aliphatic carbocycles. The van der Waals surface area contributed by atoms with E-state index in [2.05, 4.69) is 11.6 Å². The summed E-state index contributed by atoms with van der Waals surface area (Å²) >= 11 is 3.94. The second-order valence-electron chi connectivity index (χ2n) is 0.530. The Kier molecular flexibility index (Phi) is 8.35. The van der Waals surface area contributed by atoms with E-state index in [-0.39, 0.29) is 0 Å². The SMILES string of the molecule is FC(F)Cl.O=C(O)O. The molecule has 0 unspecified atom stereocenters. The van der Waals surface area contributed by atoms with E-state index < -0.39 is 12.0 Å². The lowest BCUT2D eigenvalue weighted by Gasteiger charge is -1.66. The second-order valence-corrected chi connectivity index (χ2v) is 0.860. The van der Waals surface area contributed by atoms with E-state index in [9.17, 15) is 8.78 Å². The molecule has 3 nitrogen and oxygen atoms in total. The van der Waals surface area contributed by atoms with Gasteiger partial charge in [0, 0.05) is 0 Å². The van der Waals surface area contributed by atoms with Crippen LogP contribution in [0, 0.1) is 0 Å². The molecule has 0 fully saturated rings. The molecule has 0 aromatic carbocycles. The largest absolute Gasteiger partial charge is 0.503 e. The predicted octanol–water partition coefficient (Wildman–Crippen LogP) is 1.67. The molecule has 0 amide bonds. The van der Waals surface area contributed by atoms with Gasteiger partial charge in [-0.2, -0.15) is 8.78 Å². The first kappa shape index (κ1) is 10.4. The van der Waals surface area contributed by atoms with Gasteiger partial charge in [-0.05, 0) is 0 Å². The van der Waals surface area contributed by atoms with Crippen LogP contribution in [0.3, 0.4) is 0 Å². The Hall–Kier alpha value is -0.580. The van der Waals surface area contributed by atoms with Crippen molar-refractivity contribution in [2.75, 3.05) is 0 Å². The summed E-state index contributed by atoms with van der Waals surface area (Å²) in [6.07, 6.45) is -1.83. The van der Waals surface area contributed by atoms with Gasteiger partial charge in [-0.3, -0.25) is 0 Å². The molecule has 0 aromatic heterocycles. The number of halogens is 3. The highest BCUT2D eigenvalue weighted by Crippen LogP contribution is 1.93. The van der Waals surface area contributed by atoms with Crippen molar-refractivity contribution in [3.05, 3.63) is 0 Å². The molecular formula is C2H3ClF2O3.